The number of halogens is 1. The third-order valence-electron chi connectivity index (χ3n) is 5.42. The molecule has 2 aromatic carbocycles. The summed E-state index contributed by atoms with van der Waals surface area (Å²) in [5.41, 5.74) is 1.97. The maximum atomic E-state index is 13.6. The predicted molar refractivity (Wildman–Crippen MR) is 124 cm³/mol. The van der Waals surface area contributed by atoms with Crippen molar-refractivity contribution in [2.24, 2.45) is 4.99 Å². The van der Waals surface area contributed by atoms with E-state index in [1.54, 1.807) is 38.1 Å². The quantitative estimate of drug-likeness (QED) is 0.534. The first-order valence-corrected chi connectivity index (χ1v) is 11.5. The fourth-order valence-corrected chi connectivity index (χ4v) is 5.15. The molecule has 33 heavy (non-hydrogen) atoms. The van der Waals surface area contributed by atoms with Crippen LogP contribution in [0, 0.1) is 0 Å². The lowest BCUT2D eigenvalue weighted by Crippen LogP contribution is -2.39. The minimum atomic E-state index is -0.719. The molecule has 0 bridgehead atoms. The minimum Gasteiger partial charge on any atom is -0.463 e. The second kappa shape index (κ2) is 8.53. The van der Waals surface area contributed by atoms with E-state index in [2.05, 4.69) is 4.99 Å². The molecule has 5 rings (SSSR count). The SMILES string of the molecule is CCOC(=O)C1=C(C)N=c2s/c(=C\c3ccccc3Cl)c(=O)n2[C@@H]1c1ccc2c(c1)OCO2. The number of rotatable bonds is 4. The molecule has 1 atom stereocenters. The van der Waals surface area contributed by atoms with Crippen LogP contribution in [0.4, 0.5) is 0 Å². The van der Waals surface area contributed by atoms with E-state index >= 15 is 0 Å². The Hall–Kier alpha value is -3.36. The Kier molecular flexibility index (Phi) is 5.55. The number of thiazole rings is 1. The number of benzene rings is 2. The lowest BCUT2D eigenvalue weighted by atomic mass is 9.95. The van der Waals surface area contributed by atoms with E-state index in [9.17, 15) is 9.59 Å². The van der Waals surface area contributed by atoms with E-state index in [1.807, 2.05) is 24.3 Å². The van der Waals surface area contributed by atoms with Crippen LogP contribution in [0.1, 0.15) is 31.0 Å². The number of ether oxygens (including phenoxy) is 3. The summed E-state index contributed by atoms with van der Waals surface area (Å²) in [5, 5.41) is 0.541. The Morgan fingerprint density at radius 2 is 2.06 bits per heavy atom. The summed E-state index contributed by atoms with van der Waals surface area (Å²) >= 11 is 7.55. The number of aromatic nitrogens is 1. The molecule has 0 amide bonds. The normalized spacial score (nSPS) is 17.1. The van der Waals surface area contributed by atoms with E-state index in [-0.39, 0.29) is 19.0 Å². The van der Waals surface area contributed by atoms with Gasteiger partial charge in [0.05, 0.1) is 28.5 Å². The molecule has 0 saturated carbocycles. The summed E-state index contributed by atoms with van der Waals surface area (Å²) in [7, 11) is 0. The van der Waals surface area contributed by atoms with Gasteiger partial charge in [0.1, 0.15) is 0 Å². The Bertz CT molecular complexity index is 1490. The predicted octanol–water partition coefficient (Wildman–Crippen LogP) is 3.18. The molecule has 1 aromatic heterocycles. The minimum absolute atomic E-state index is 0.124. The van der Waals surface area contributed by atoms with Gasteiger partial charge in [0, 0.05) is 5.02 Å². The van der Waals surface area contributed by atoms with E-state index < -0.39 is 12.0 Å². The van der Waals surface area contributed by atoms with Crippen LogP contribution in [0.5, 0.6) is 11.5 Å². The van der Waals surface area contributed by atoms with Gasteiger partial charge in [0.2, 0.25) is 6.79 Å². The lowest BCUT2D eigenvalue weighted by Gasteiger charge is -2.24. The highest BCUT2D eigenvalue weighted by molar-refractivity contribution is 7.07. The summed E-state index contributed by atoms with van der Waals surface area (Å²) in [6.07, 6.45) is 1.74. The van der Waals surface area contributed by atoms with Crippen molar-refractivity contribution in [3.05, 3.63) is 89.6 Å². The highest BCUT2D eigenvalue weighted by Gasteiger charge is 2.34. The molecule has 0 N–H and O–H groups in total. The summed E-state index contributed by atoms with van der Waals surface area (Å²) < 4.78 is 18.3. The molecule has 9 heteroatoms. The average Bonchev–Trinajstić information content (AvgIpc) is 3.38. The van der Waals surface area contributed by atoms with Gasteiger partial charge >= 0.3 is 5.97 Å². The molecule has 3 aromatic rings. The van der Waals surface area contributed by atoms with Gasteiger partial charge < -0.3 is 14.2 Å². The van der Waals surface area contributed by atoms with Gasteiger partial charge in [-0.1, -0.05) is 47.2 Å². The van der Waals surface area contributed by atoms with Crippen molar-refractivity contribution in [1.29, 1.82) is 0 Å². The molecule has 0 fully saturated rings. The second-order valence-corrected chi connectivity index (χ2v) is 8.85. The fraction of sp³-hybridized carbons (Fsp3) is 0.208. The number of carbonyl (C=O) groups excluding carboxylic acids is 1. The average molecular weight is 483 g/mol. The third kappa shape index (κ3) is 3.75. The van der Waals surface area contributed by atoms with Crippen molar-refractivity contribution in [3.63, 3.8) is 0 Å². The third-order valence-corrected chi connectivity index (χ3v) is 6.75. The molecule has 0 radical (unpaired) electrons. The monoisotopic (exact) mass is 482 g/mol. The van der Waals surface area contributed by atoms with Crippen molar-refractivity contribution >= 4 is 35.0 Å². The highest BCUT2D eigenvalue weighted by atomic mass is 35.5. The number of allylic oxidation sites excluding steroid dienone is 1. The summed E-state index contributed by atoms with van der Waals surface area (Å²) in [6, 6.07) is 12.0. The van der Waals surface area contributed by atoms with Gasteiger partial charge in [-0.25, -0.2) is 9.79 Å². The second-order valence-electron chi connectivity index (χ2n) is 7.44. The molecule has 7 nitrogen and oxygen atoms in total. The molecular formula is C24H19ClN2O5S. The zero-order valence-electron chi connectivity index (χ0n) is 17.8. The smallest absolute Gasteiger partial charge is 0.338 e. The van der Waals surface area contributed by atoms with Crippen molar-refractivity contribution in [2.45, 2.75) is 19.9 Å². The molecule has 0 aliphatic carbocycles. The van der Waals surface area contributed by atoms with E-state index in [1.165, 1.54) is 15.9 Å². The van der Waals surface area contributed by atoms with Gasteiger partial charge in [0.15, 0.2) is 16.3 Å². The highest BCUT2D eigenvalue weighted by Crippen LogP contribution is 2.38. The van der Waals surface area contributed by atoms with Crippen molar-refractivity contribution in [3.8, 4) is 11.5 Å². The molecule has 3 heterocycles. The molecule has 2 aliphatic rings. The maximum absolute atomic E-state index is 13.6. The first kappa shape index (κ1) is 21.5. The van der Waals surface area contributed by atoms with Crippen molar-refractivity contribution in [1.82, 2.24) is 4.57 Å². The van der Waals surface area contributed by atoms with Gasteiger partial charge in [-0.2, -0.15) is 0 Å². The van der Waals surface area contributed by atoms with Crippen molar-refractivity contribution < 1.29 is 19.0 Å². The van der Waals surface area contributed by atoms with Gasteiger partial charge in [-0.05, 0) is 49.2 Å². The molecule has 2 aliphatic heterocycles. The standard InChI is InChI=1S/C24H19ClN2O5S/c1-3-30-23(29)20-13(2)26-24-27(21(20)15-8-9-17-18(10-15)32-12-31-17)22(28)19(33-24)11-14-6-4-5-7-16(14)25/h4-11,21H,3,12H2,1-2H3/b19-11-/t21-/m1/s1. The number of hydrogen-bond acceptors (Lipinski definition) is 7. The van der Waals surface area contributed by atoms with E-state index in [4.69, 9.17) is 25.8 Å². The molecule has 0 saturated heterocycles. The number of esters is 1. The number of fused-ring (bicyclic) bond motifs is 2. The van der Waals surface area contributed by atoms with Gasteiger partial charge in [-0.15, -0.1) is 0 Å². The largest absolute Gasteiger partial charge is 0.463 e. The van der Waals surface area contributed by atoms with E-state index in [0.29, 0.717) is 42.7 Å². The van der Waals surface area contributed by atoms with Gasteiger partial charge in [-0.3, -0.25) is 9.36 Å². The molecular weight excluding hydrogens is 464 g/mol. The number of hydrogen-bond donors (Lipinski definition) is 0. The number of carbonyl (C=O) groups is 1. The molecule has 0 spiro atoms. The van der Waals surface area contributed by atoms with Crippen LogP contribution in [0.15, 0.2) is 63.5 Å². The summed E-state index contributed by atoms with van der Waals surface area (Å²) in [4.78, 5) is 31.6. The molecule has 0 unspecified atom stereocenters. The van der Waals surface area contributed by atoms with Crippen LogP contribution in [-0.2, 0) is 9.53 Å². The van der Waals surface area contributed by atoms with Crippen LogP contribution < -0.4 is 24.4 Å². The maximum Gasteiger partial charge on any atom is 0.338 e. The Morgan fingerprint density at radius 1 is 1.27 bits per heavy atom. The summed E-state index contributed by atoms with van der Waals surface area (Å²) in [5.74, 6) is 0.661. The first-order chi connectivity index (χ1) is 16.0. The number of nitrogens with zero attached hydrogens (tertiary/aromatic N) is 2. The van der Waals surface area contributed by atoms with E-state index in [0.717, 1.165) is 5.56 Å². The fourth-order valence-electron chi connectivity index (χ4n) is 3.92. The first-order valence-electron chi connectivity index (χ1n) is 10.3. The van der Waals surface area contributed by atoms with Crippen LogP contribution in [0.2, 0.25) is 5.02 Å². The zero-order chi connectivity index (χ0) is 23.1. The lowest BCUT2D eigenvalue weighted by molar-refractivity contribution is -0.139. The van der Waals surface area contributed by atoms with Crippen LogP contribution in [0.3, 0.4) is 0 Å². The summed E-state index contributed by atoms with van der Waals surface area (Å²) in [6.45, 7) is 3.82. The Morgan fingerprint density at radius 3 is 2.85 bits per heavy atom. The van der Waals surface area contributed by atoms with Crippen LogP contribution >= 0.6 is 22.9 Å². The Balaban J connectivity index is 1.74. The molecule has 168 valence electrons. The van der Waals surface area contributed by atoms with Gasteiger partial charge in [0.25, 0.3) is 5.56 Å². The topological polar surface area (TPSA) is 79.1 Å². The zero-order valence-corrected chi connectivity index (χ0v) is 19.4. The van der Waals surface area contributed by atoms with Crippen LogP contribution in [0.25, 0.3) is 6.08 Å². The Labute approximate surface area is 197 Å². The van der Waals surface area contributed by atoms with Crippen molar-refractivity contribution in [2.75, 3.05) is 13.4 Å². The van der Waals surface area contributed by atoms with Crippen LogP contribution in [-0.4, -0.2) is 23.9 Å².